The van der Waals surface area contributed by atoms with E-state index in [-0.39, 0.29) is 11.5 Å². The Morgan fingerprint density at radius 2 is 1.94 bits per heavy atom. The summed E-state index contributed by atoms with van der Waals surface area (Å²) in [6.07, 6.45) is 0. The summed E-state index contributed by atoms with van der Waals surface area (Å²) in [5.41, 5.74) is 1.23. The van der Waals surface area contributed by atoms with Crippen molar-refractivity contribution in [3.63, 3.8) is 0 Å². The van der Waals surface area contributed by atoms with Gasteiger partial charge in [0, 0.05) is 0 Å². The number of carbonyl (C=O) groups is 2. The van der Waals surface area contributed by atoms with Crippen LogP contribution >= 0.6 is 11.6 Å². The fraction of sp³-hybridized carbons (Fsp3) is 0.385. The molecule has 0 spiro atoms. The molecule has 0 aliphatic heterocycles. The minimum absolute atomic E-state index is 0.198. The second-order valence-corrected chi connectivity index (χ2v) is 4.92. The van der Waals surface area contributed by atoms with E-state index in [1.54, 1.807) is 32.0 Å². The molecule has 0 radical (unpaired) electrons. The Morgan fingerprint density at radius 3 is 2.39 bits per heavy atom. The standard InChI is InChI=1S/C13H16ClNO3/c1-7(2)11(13(17)18)15-12(16)9-5-4-8(3)6-10(9)14/h4-7,11H,1-3H3,(H,15,16)(H,17,18)/t11-/m0/s1. The molecular weight excluding hydrogens is 254 g/mol. The molecule has 4 nitrogen and oxygen atoms in total. The van der Waals surface area contributed by atoms with Gasteiger partial charge in [-0.2, -0.15) is 0 Å². The fourth-order valence-corrected chi connectivity index (χ4v) is 1.86. The Balaban J connectivity index is 2.91. The lowest BCUT2D eigenvalue weighted by molar-refractivity contribution is -0.140. The third kappa shape index (κ3) is 3.47. The molecule has 0 fully saturated rings. The summed E-state index contributed by atoms with van der Waals surface area (Å²) in [7, 11) is 0. The second-order valence-electron chi connectivity index (χ2n) is 4.52. The van der Waals surface area contributed by atoms with Gasteiger partial charge in [-0.05, 0) is 30.5 Å². The number of rotatable bonds is 4. The first-order chi connectivity index (χ1) is 8.32. The van der Waals surface area contributed by atoms with Crippen LogP contribution in [0.3, 0.4) is 0 Å². The molecule has 98 valence electrons. The van der Waals surface area contributed by atoms with E-state index in [2.05, 4.69) is 5.32 Å². The van der Waals surface area contributed by atoms with E-state index in [1.807, 2.05) is 6.92 Å². The SMILES string of the molecule is Cc1ccc(C(=O)N[C@H](C(=O)O)C(C)C)c(Cl)c1. The van der Waals surface area contributed by atoms with Gasteiger partial charge in [-0.15, -0.1) is 0 Å². The summed E-state index contributed by atoms with van der Waals surface area (Å²) in [6.45, 7) is 5.33. The van der Waals surface area contributed by atoms with Crippen LogP contribution in [0.1, 0.15) is 29.8 Å². The third-order valence-corrected chi connectivity index (χ3v) is 2.90. The summed E-state index contributed by atoms with van der Waals surface area (Å²) in [4.78, 5) is 22.9. The van der Waals surface area contributed by atoms with Crippen molar-refractivity contribution < 1.29 is 14.7 Å². The number of halogens is 1. The Labute approximate surface area is 111 Å². The number of hydrogen-bond donors (Lipinski definition) is 2. The van der Waals surface area contributed by atoms with E-state index in [0.717, 1.165) is 5.56 Å². The van der Waals surface area contributed by atoms with E-state index in [9.17, 15) is 9.59 Å². The molecule has 0 unspecified atom stereocenters. The predicted molar refractivity (Wildman–Crippen MR) is 69.9 cm³/mol. The first-order valence-electron chi connectivity index (χ1n) is 5.62. The van der Waals surface area contributed by atoms with Gasteiger partial charge in [0.05, 0.1) is 10.6 Å². The number of hydrogen-bond acceptors (Lipinski definition) is 2. The molecule has 0 heterocycles. The van der Waals surface area contributed by atoms with Gasteiger partial charge in [0.15, 0.2) is 0 Å². The van der Waals surface area contributed by atoms with Crippen LogP contribution in [0.15, 0.2) is 18.2 Å². The van der Waals surface area contributed by atoms with Gasteiger partial charge >= 0.3 is 5.97 Å². The van der Waals surface area contributed by atoms with Gasteiger partial charge in [0.2, 0.25) is 0 Å². The number of nitrogens with one attached hydrogen (secondary N) is 1. The third-order valence-electron chi connectivity index (χ3n) is 2.59. The fourth-order valence-electron chi connectivity index (χ4n) is 1.54. The maximum absolute atomic E-state index is 11.9. The average Bonchev–Trinajstić information content (AvgIpc) is 2.24. The Bertz CT molecular complexity index is 471. The van der Waals surface area contributed by atoms with E-state index >= 15 is 0 Å². The molecule has 1 aromatic carbocycles. The van der Waals surface area contributed by atoms with Gasteiger partial charge in [0.1, 0.15) is 6.04 Å². The molecule has 0 aliphatic carbocycles. The number of carboxylic acid groups (broad SMARTS) is 1. The first-order valence-corrected chi connectivity index (χ1v) is 6.00. The molecule has 5 heteroatoms. The number of aryl methyl sites for hydroxylation is 1. The van der Waals surface area contributed by atoms with Crippen LogP contribution in [0.4, 0.5) is 0 Å². The quantitative estimate of drug-likeness (QED) is 0.882. The zero-order valence-electron chi connectivity index (χ0n) is 10.5. The summed E-state index contributed by atoms with van der Waals surface area (Å²) < 4.78 is 0. The highest BCUT2D eigenvalue weighted by Gasteiger charge is 2.24. The summed E-state index contributed by atoms with van der Waals surface area (Å²) in [6, 6.07) is 4.09. The largest absolute Gasteiger partial charge is 0.480 e. The monoisotopic (exact) mass is 269 g/mol. The van der Waals surface area contributed by atoms with Crippen molar-refractivity contribution in [3.05, 3.63) is 34.3 Å². The lowest BCUT2D eigenvalue weighted by Crippen LogP contribution is -2.44. The second kappa shape index (κ2) is 5.87. The number of benzene rings is 1. The highest BCUT2D eigenvalue weighted by Crippen LogP contribution is 2.18. The Kier molecular flexibility index (Phi) is 4.73. The molecular formula is C13H16ClNO3. The first kappa shape index (κ1) is 14.5. The molecule has 1 rings (SSSR count). The van der Waals surface area contributed by atoms with Crippen LogP contribution in [-0.2, 0) is 4.79 Å². The molecule has 0 saturated heterocycles. The zero-order valence-corrected chi connectivity index (χ0v) is 11.3. The summed E-state index contributed by atoms with van der Waals surface area (Å²) >= 11 is 5.96. The maximum atomic E-state index is 11.9. The molecule has 0 saturated carbocycles. The van der Waals surface area contributed by atoms with Crippen molar-refractivity contribution in [3.8, 4) is 0 Å². The van der Waals surface area contributed by atoms with Crippen molar-refractivity contribution in [1.82, 2.24) is 5.32 Å². The summed E-state index contributed by atoms with van der Waals surface area (Å²) in [5.74, 6) is -1.72. The maximum Gasteiger partial charge on any atom is 0.326 e. The van der Waals surface area contributed by atoms with Gasteiger partial charge in [-0.25, -0.2) is 4.79 Å². The van der Waals surface area contributed by atoms with Crippen LogP contribution < -0.4 is 5.32 Å². The minimum atomic E-state index is -1.05. The normalized spacial score (nSPS) is 12.3. The van der Waals surface area contributed by atoms with Crippen LogP contribution in [0.5, 0.6) is 0 Å². The highest BCUT2D eigenvalue weighted by molar-refractivity contribution is 6.33. The lowest BCUT2D eigenvalue weighted by Gasteiger charge is -2.18. The highest BCUT2D eigenvalue weighted by atomic mass is 35.5. The Morgan fingerprint density at radius 1 is 1.33 bits per heavy atom. The molecule has 0 bridgehead atoms. The predicted octanol–water partition coefficient (Wildman–Crippen LogP) is 2.49. The van der Waals surface area contributed by atoms with Crippen LogP contribution in [0.25, 0.3) is 0 Å². The topological polar surface area (TPSA) is 66.4 Å². The molecule has 0 aliphatic rings. The van der Waals surface area contributed by atoms with Crippen LogP contribution in [-0.4, -0.2) is 23.0 Å². The Hall–Kier alpha value is -1.55. The molecule has 2 N–H and O–H groups in total. The molecule has 1 amide bonds. The number of carbonyl (C=O) groups excluding carboxylic acids is 1. The van der Waals surface area contributed by atoms with Crippen LogP contribution in [0.2, 0.25) is 5.02 Å². The molecule has 18 heavy (non-hydrogen) atoms. The van der Waals surface area contributed by atoms with Gasteiger partial charge in [0.25, 0.3) is 5.91 Å². The molecule has 0 aromatic heterocycles. The number of aliphatic carboxylic acids is 1. The van der Waals surface area contributed by atoms with E-state index in [0.29, 0.717) is 5.02 Å². The minimum Gasteiger partial charge on any atom is -0.480 e. The lowest BCUT2D eigenvalue weighted by atomic mass is 10.0. The zero-order chi connectivity index (χ0) is 13.9. The van der Waals surface area contributed by atoms with E-state index in [4.69, 9.17) is 16.7 Å². The van der Waals surface area contributed by atoms with E-state index in [1.165, 1.54) is 0 Å². The summed E-state index contributed by atoms with van der Waals surface area (Å²) in [5, 5.41) is 11.8. The van der Waals surface area contributed by atoms with Crippen molar-refractivity contribution in [2.45, 2.75) is 26.8 Å². The number of carboxylic acids is 1. The number of amides is 1. The van der Waals surface area contributed by atoms with Gasteiger partial charge < -0.3 is 10.4 Å². The smallest absolute Gasteiger partial charge is 0.326 e. The average molecular weight is 270 g/mol. The van der Waals surface area contributed by atoms with Crippen molar-refractivity contribution in [2.75, 3.05) is 0 Å². The van der Waals surface area contributed by atoms with E-state index < -0.39 is 17.9 Å². The molecule has 1 atom stereocenters. The van der Waals surface area contributed by atoms with Crippen LogP contribution in [0, 0.1) is 12.8 Å². The van der Waals surface area contributed by atoms with Gasteiger partial charge in [-0.1, -0.05) is 31.5 Å². The van der Waals surface area contributed by atoms with Crippen molar-refractivity contribution >= 4 is 23.5 Å². The van der Waals surface area contributed by atoms with Gasteiger partial charge in [-0.3, -0.25) is 4.79 Å². The van der Waals surface area contributed by atoms with Crippen molar-refractivity contribution in [1.29, 1.82) is 0 Å². The van der Waals surface area contributed by atoms with Crippen molar-refractivity contribution in [2.24, 2.45) is 5.92 Å². The molecule has 1 aromatic rings.